The van der Waals surface area contributed by atoms with E-state index in [1.807, 2.05) is 13.8 Å². The van der Waals surface area contributed by atoms with E-state index in [-0.39, 0.29) is 23.2 Å². The van der Waals surface area contributed by atoms with E-state index in [2.05, 4.69) is 5.16 Å². The van der Waals surface area contributed by atoms with E-state index in [1.54, 1.807) is 12.1 Å². The first-order valence-corrected chi connectivity index (χ1v) is 7.09. The summed E-state index contributed by atoms with van der Waals surface area (Å²) in [7, 11) is 0. The molecule has 0 saturated heterocycles. The minimum Gasteiger partial charge on any atom is -0.360 e. The van der Waals surface area contributed by atoms with Gasteiger partial charge < -0.3 is 4.52 Å². The molecule has 1 aliphatic carbocycles. The van der Waals surface area contributed by atoms with Crippen LogP contribution in [0.2, 0.25) is 0 Å². The summed E-state index contributed by atoms with van der Waals surface area (Å²) in [6.07, 6.45) is 1.44. The molecule has 22 heavy (non-hydrogen) atoms. The van der Waals surface area contributed by atoms with Crippen LogP contribution in [0.15, 0.2) is 22.7 Å². The molecule has 0 N–H and O–H groups in total. The van der Waals surface area contributed by atoms with Gasteiger partial charge >= 0.3 is 0 Å². The molecule has 0 amide bonds. The molecule has 1 aromatic heterocycles. The number of nitriles is 1. The zero-order chi connectivity index (χ0) is 15.9. The van der Waals surface area contributed by atoms with Gasteiger partial charge in [-0.25, -0.2) is 4.39 Å². The predicted octanol–water partition coefficient (Wildman–Crippen LogP) is 3.43. The molecule has 0 radical (unpaired) electrons. The highest BCUT2D eigenvalue weighted by atomic mass is 19.1. The predicted molar refractivity (Wildman–Crippen MR) is 76.9 cm³/mol. The summed E-state index contributed by atoms with van der Waals surface area (Å²) in [6.45, 7) is 4.05. The minimum atomic E-state index is -0.569. The van der Waals surface area contributed by atoms with Crippen molar-refractivity contribution in [2.45, 2.75) is 33.1 Å². The van der Waals surface area contributed by atoms with Gasteiger partial charge in [0.25, 0.3) is 0 Å². The number of nitrogens with zero attached hydrogens (tertiary/aromatic N) is 2. The average molecular weight is 298 g/mol. The molecule has 0 aliphatic heterocycles. The molecule has 0 spiro atoms. The minimum absolute atomic E-state index is 0.00109. The zero-order valence-electron chi connectivity index (χ0n) is 12.4. The van der Waals surface area contributed by atoms with Crippen LogP contribution in [-0.4, -0.2) is 10.9 Å². The molecule has 112 valence electrons. The number of aromatic nitrogens is 1. The Morgan fingerprint density at radius 3 is 2.86 bits per heavy atom. The maximum atomic E-state index is 13.7. The number of rotatable bonds is 2. The third-order valence-electron chi connectivity index (χ3n) is 3.92. The fourth-order valence-corrected chi connectivity index (χ4v) is 2.90. The molecular formula is C17H15FN2O2. The van der Waals surface area contributed by atoms with E-state index < -0.39 is 5.82 Å². The molecule has 0 fully saturated rings. The number of benzene rings is 1. The lowest BCUT2D eigenvalue weighted by Crippen LogP contribution is -2.27. The first kappa shape index (κ1) is 14.5. The van der Waals surface area contributed by atoms with Gasteiger partial charge in [-0.1, -0.05) is 25.1 Å². The van der Waals surface area contributed by atoms with E-state index >= 15 is 0 Å². The largest absolute Gasteiger partial charge is 0.360 e. The van der Waals surface area contributed by atoms with E-state index in [0.717, 1.165) is 0 Å². The highest BCUT2D eigenvalue weighted by molar-refractivity contribution is 5.99. The molecular weight excluding hydrogens is 283 g/mol. The standard InChI is InChI=1S/C17H15FN2O2/c1-17(2)7-13-16(14(21)8-17)15(22-20-13)6-10-3-4-11(9-19)12(18)5-10/h3-5H,6-8H2,1-2H3. The number of carbonyl (C=O) groups is 1. The summed E-state index contributed by atoms with van der Waals surface area (Å²) in [5, 5.41) is 12.8. The topological polar surface area (TPSA) is 66.9 Å². The van der Waals surface area contributed by atoms with Crippen LogP contribution < -0.4 is 0 Å². The Bertz CT molecular complexity index is 799. The second-order valence-corrected chi connectivity index (χ2v) is 6.47. The van der Waals surface area contributed by atoms with E-state index in [9.17, 15) is 9.18 Å². The Morgan fingerprint density at radius 1 is 1.41 bits per heavy atom. The van der Waals surface area contributed by atoms with Gasteiger partial charge in [0.05, 0.1) is 16.8 Å². The van der Waals surface area contributed by atoms with Gasteiger partial charge in [-0.2, -0.15) is 5.26 Å². The van der Waals surface area contributed by atoms with E-state index in [4.69, 9.17) is 9.78 Å². The molecule has 1 heterocycles. The molecule has 0 saturated carbocycles. The van der Waals surface area contributed by atoms with Crippen LogP contribution in [0.25, 0.3) is 0 Å². The molecule has 1 aromatic carbocycles. The molecule has 0 unspecified atom stereocenters. The maximum Gasteiger partial charge on any atom is 0.168 e. The lowest BCUT2D eigenvalue weighted by atomic mass is 9.75. The Hall–Kier alpha value is -2.48. The fourth-order valence-electron chi connectivity index (χ4n) is 2.90. The van der Waals surface area contributed by atoms with Crippen LogP contribution in [0.3, 0.4) is 0 Å². The number of halogens is 1. The van der Waals surface area contributed by atoms with Crippen molar-refractivity contribution < 1.29 is 13.7 Å². The molecule has 1 aliphatic rings. The quantitative estimate of drug-likeness (QED) is 0.852. The van der Waals surface area contributed by atoms with Crippen LogP contribution in [0.4, 0.5) is 4.39 Å². The van der Waals surface area contributed by atoms with Gasteiger partial charge in [0.15, 0.2) is 11.5 Å². The Balaban J connectivity index is 1.92. The summed E-state index contributed by atoms with van der Waals surface area (Å²) in [5.74, 6) is -0.0722. The van der Waals surface area contributed by atoms with Crippen molar-refractivity contribution in [1.29, 1.82) is 5.26 Å². The first-order valence-electron chi connectivity index (χ1n) is 7.09. The normalized spacial score (nSPS) is 16.2. The fraction of sp³-hybridized carbons (Fsp3) is 0.353. The van der Waals surface area contributed by atoms with Crippen molar-refractivity contribution in [1.82, 2.24) is 5.16 Å². The number of Topliss-reactive ketones (excluding diaryl/α,β-unsaturated/α-hetero) is 1. The number of hydrogen-bond acceptors (Lipinski definition) is 4. The molecule has 5 heteroatoms. The summed E-state index contributed by atoms with van der Waals surface area (Å²) < 4.78 is 19.0. The third-order valence-corrected chi connectivity index (χ3v) is 3.92. The number of carbonyl (C=O) groups excluding carboxylic acids is 1. The van der Waals surface area contributed by atoms with Crippen LogP contribution in [0.5, 0.6) is 0 Å². The van der Waals surface area contributed by atoms with Crippen molar-refractivity contribution >= 4 is 5.78 Å². The first-order chi connectivity index (χ1) is 10.4. The lowest BCUT2D eigenvalue weighted by molar-refractivity contribution is 0.0911. The average Bonchev–Trinajstić information content (AvgIpc) is 2.80. The van der Waals surface area contributed by atoms with E-state index in [0.29, 0.717) is 35.4 Å². The van der Waals surface area contributed by atoms with Gasteiger partial charge in [0.2, 0.25) is 0 Å². The van der Waals surface area contributed by atoms with Crippen molar-refractivity contribution in [2.24, 2.45) is 5.41 Å². The monoisotopic (exact) mass is 298 g/mol. The molecule has 2 aromatic rings. The van der Waals surface area contributed by atoms with Crippen LogP contribution in [-0.2, 0) is 12.8 Å². The smallest absolute Gasteiger partial charge is 0.168 e. The summed E-state index contributed by atoms with van der Waals surface area (Å²) in [4.78, 5) is 12.3. The third kappa shape index (κ3) is 2.52. The summed E-state index contributed by atoms with van der Waals surface area (Å²) in [6, 6.07) is 6.17. The van der Waals surface area contributed by atoms with Gasteiger partial charge in [-0.15, -0.1) is 0 Å². The van der Waals surface area contributed by atoms with Gasteiger partial charge in [-0.3, -0.25) is 4.79 Å². The lowest BCUT2D eigenvalue weighted by Gasteiger charge is -2.26. The Morgan fingerprint density at radius 2 is 2.18 bits per heavy atom. The maximum absolute atomic E-state index is 13.7. The van der Waals surface area contributed by atoms with Crippen molar-refractivity contribution in [2.75, 3.05) is 0 Å². The van der Waals surface area contributed by atoms with Gasteiger partial charge in [0.1, 0.15) is 11.9 Å². The SMILES string of the molecule is CC1(C)CC(=O)c2c(noc2Cc2ccc(C#N)c(F)c2)C1. The number of ketones is 1. The second-order valence-electron chi connectivity index (χ2n) is 6.47. The van der Waals surface area contributed by atoms with E-state index in [1.165, 1.54) is 12.1 Å². The number of hydrogen-bond donors (Lipinski definition) is 0. The van der Waals surface area contributed by atoms with Crippen molar-refractivity contribution in [3.8, 4) is 6.07 Å². The second kappa shape index (κ2) is 5.06. The van der Waals surface area contributed by atoms with Crippen molar-refractivity contribution in [3.63, 3.8) is 0 Å². The molecule has 0 atom stereocenters. The Kier molecular flexibility index (Phi) is 3.32. The number of fused-ring (bicyclic) bond motifs is 1. The van der Waals surface area contributed by atoms with Crippen LogP contribution >= 0.6 is 0 Å². The summed E-state index contributed by atoms with van der Waals surface area (Å²) in [5.41, 5.74) is 1.77. The Labute approximate surface area is 127 Å². The van der Waals surface area contributed by atoms with Crippen LogP contribution in [0.1, 0.15) is 53.2 Å². The van der Waals surface area contributed by atoms with Gasteiger partial charge in [0, 0.05) is 12.8 Å². The van der Waals surface area contributed by atoms with Gasteiger partial charge in [-0.05, 0) is 29.5 Å². The zero-order valence-corrected chi connectivity index (χ0v) is 12.4. The van der Waals surface area contributed by atoms with Crippen LogP contribution in [0, 0.1) is 22.6 Å². The highest BCUT2D eigenvalue weighted by Crippen LogP contribution is 2.36. The molecule has 3 rings (SSSR count). The molecule has 0 bridgehead atoms. The molecule has 4 nitrogen and oxygen atoms in total. The highest BCUT2D eigenvalue weighted by Gasteiger charge is 2.35. The van der Waals surface area contributed by atoms with Crippen molar-refractivity contribution in [3.05, 3.63) is 52.2 Å². The summed E-state index contributed by atoms with van der Waals surface area (Å²) >= 11 is 0.